The Labute approximate surface area is 131 Å². The van der Waals surface area contributed by atoms with Crippen molar-refractivity contribution >= 4 is 17.4 Å². The molecule has 1 aromatic carbocycles. The van der Waals surface area contributed by atoms with E-state index in [1.807, 2.05) is 44.0 Å². The lowest BCUT2D eigenvalue weighted by Gasteiger charge is -2.21. The minimum absolute atomic E-state index is 0.00885. The lowest BCUT2D eigenvalue weighted by molar-refractivity contribution is -0.135. The predicted molar refractivity (Wildman–Crippen MR) is 87.2 cm³/mol. The Balaban J connectivity index is 0.000000847. The molecule has 2 aliphatic heterocycles. The minimum Gasteiger partial charge on any atom is -0.461 e. The van der Waals surface area contributed by atoms with Gasteiger partial charge in [-0.1, -0.05) is 26.0 Å². The Hall–Kier alpha value is -1.88. The van der Waals surface area contributed by atoms with Gasteiger partial charge < -0.3 is 9.47 Å². The van der Waals surface area contributed by atoms with Crippen LogP contribution >= 0.6 is 0 Å². The first kappa shape index (κ1) is 16.5. The van der Waals surface area contributed by atoms with Gasteiger partial charge in [0.25, 0.3) is 0 Å². The number of nitrogens with zero attached hydrogens (tertiary/aromatic N) is 2. The molecule has 0 radical (unpaired) electrons. The summed E-state index contributed by atoms with van der Waals surface area (Å²) in [6.07, 6.45) is 0. The first-order valence-corrected chi connectivity index (χ1v) is 7.90. The molecular formula is C17H24N2O3. The van der Waals surface area contributed by atoms with Gasteiger partial charge >= 0.3 is 5.97 Å². The summed E-state index contributed by atoms with van der Waals surface area (Å²) < 4.78 is 10.6. The SMILES string of the molecule is CC.CCOC(=O)C1=NN(c2cccc(C)c2)C2COCC12. The molecular weight excluding hydrogens is 280 g/mol. The van der Waals surface area contributed by atoms with Gasteiger partial charge in [-0.05, 0) is 31.5 Å². The van der Waals surface area contributed by atoms with Crippen molar-refractivity contribution in [3.05, 3.63) is 29.8 Å². The molecule has 2 heterocycles. The summed E-state index contributed by atoms with van der Waals surface area (Å²) in [6, 6.07) is 8.19. The Morgan fingerprint density at radius 2 is 2.18 bits per heavy atom. The lowest BCUT2D eigenvalue weighted by atomic mass is 9.99. The number of hydrazone groups is 1. The van der Waals surface area contributed by atoms with E-state index in [2.05, 4.69) is 11.2 Å². The summed E-state index contributed by atoms with van der Waals surface area (Å²) in [4.78, 5) is 12.0. The molecule has 1 saturated heterocycles. The second-order valence-electron chi connectivity index (χ2n) is 5.10. The van der Waals surface area contributed by atoms with Crippen molar-refractivity contribution in [2.45, 2.75) is 33.7 Å². The normalized spacial score (nSPS) is 22.5. The number of carbonyl (C=O) groups is 1. The molecule has 120 valence electrons. The van der Waals surface area contributed by atoms with E-state index in [0.717, 1.165) is 11.3 Å². The molecule has 22 heavy (non-hydrogen) atoms. The van der Waals surface area contributed by atoms with E-state index in [0.29, 0.717) is 25.5 Å². The van der Waals surface area contributed by atoms with E-state index in [1.54, 1.807) is 6.92 Å². The molecule has 3 rings (SSSR count). The lowest BCUT2D eigenvalue weighted by Crippen LogP contribution is -2.34. The van der Waals surface area contributed by atoms with Crippen molar-refractivity contribution in [3.63, 3.8) is 0 Å². The smallest absolute Gasteiger partial charge is 0.354 e. The van der Waals surface area contributed by atoms with Crippen LogP contribution in [0.4, 0.5) is 5.69 Å². The van der Waals surface area contributed by atoms with E-state index in [4.69, 9.17) is 9.47 Å². The number of esters is 1. The number of aryl methyl sites for hydroxylation is 1. The number of rotatable bonds is 3. The standard InChI is InChI=1S/C15H18N2O3.C2H6/c1-3-20-15(18)14-12-8-19-9-13(12)17(16-14)11-6-4-5-10(2)7-11;1-2/h4-7,12-13H,3,8-9H2,1-2H3;1-2H3. The second-order valence-corrected chi connectivity index (χ2v) is 5.10. The highest BCUT2D eigenvalue weighted by Crippen LogP contribution is 2.33. The van der Waals surface area contributed by atoms with Gasteiger partial charge in [-0.15, -0.1) is 0 Å². The fourth-order valence-electron chi connectivity index (χ4n) is 2.73. The Bertz CT molecular complexity index is 557. The molecule has 0 spiro atoms. The maximum Gasteiger partial charge on any atom is 0.354 e. The summed E-state index contributed by atoms with van der Waals surface area (Å²) in [6.45, 7) is 9.32. The van der Waals surface area contributed by atoms with E-state index in [1.165, 1.54) is 0 Å². The topological polar surface area (TPSA) is 51.1 Å². The molecule has 5 heteroatoms. The molecule has 2 unspecified atom stereocenters. The van der Waals surface area contributed by atoms with Crippen LogP contribution < -0.4 is 5.01 Å². The predicted octanol–water partition coefficient (Wildman–Crippen LogP) is 2.78. The van der Waals surface area contributed by atoms with Gasteiger partial charge in [0.05, 0.1) is 37.5 Å². The monoisotopic (exact) mass is 304 g/mol. The third-order valence-corrected chi connectivity index (χ3v) is 3.68. The second kappa shape index (κ2) is 7.40. The number of ether oxygens (including phenoxy) is 2. The van der Waals surface area contributed by atoms with Gasteiger partial charge in [-0.25, -0.2) is 4.79 Å². The molecule has 1 aromatic rings. The number of anilines is 1. The number of hydrogen-bond donors (Lipinski definition) is 0. The number of hydrogen-bond acceptors (Lipinski definition) is 5. The highest BCUT2D eigenvalue weighted by atomic mass is 16.5. The Morgan fingerprint density at radius 1 is 1.41 bits per heavy atom. The van der Waals surface area contributed by atoms with Crippen LogP contribution in [0, 0.1) is 12.8 Å². The zero-order chi connectivity index (χ0) is 16.1. The average Bonchev–Trinajstić information content (AvgIpc) is 3.11. The minimum atomic E-state index is -0.330. The molecule has 0 N–H and O–H groups in total. The van der Waals surface area contributed by atoms with Crippen LogP contribution in [0.5, 0.6) is 0 Å². The third kappa shape index (κ3) is 3.14. The summed E-state index contributed by atoms with van der Waals surface area (Å²) in [5, 5.41) is 6.40. The van der Waals surface area contributed by atoms with Crippen molar-refractivity contribution < 1.29 is 14.3 Å². The summed E-state index contributed by atoms with van der Waals surface area (Å²) in [5.41, 5.74) is 2.64. The van der Waals surface area contributed by atoms with Gasteiger partial charge in [0, 0.05) is 0 Å². The zero-order valence-corrected chi connectivity index (χ0v) is 13.7. The average molecular weight is 304 g/mol. The first-order valence-electron chi connectivity index (χ1n) is 7.90. The van der Waals surface area contributed by atoms with E-state index in [-0.39, 0.29) is 17.9 Å². The highest BCUT2D eigenvalue weighted by molar-refractivity contribution is 6.38. The van der Waals surface area contributed by atoms with Gasteiger partial charge in [0.2, 0.25) is 0 Å². The van der Waals surface area contributed by atoms with Crippen molar-refractivity contribution in [3.8, 4) is 0 Å². The molecule has 1 fully saturated rings. The molecule has 0 amide bonds. The summed E-state index contributed by atoms with van der Waals surface area (Å²) in [7, 11) is 0. The van der Waals surface area contributed by atoms with Gasteiger partial charge in [0.15, 0.2) is 5.71 Å². The largest absolute Gasteiger partial charge is 0.461 e. The van der Waals surface area contributed by atoms with Crippen LogP contribution in [0.3, 0.4) is 0 Å². The van der Waals surface area contributed by atoms with Crippen LogP contribution in [-0.4, -0.2) is 37.5 Å². The van der Waals surface area contributed by atoms with E-state index < -0.39 is 0 Å². The van der Waals surface area contributed by atoms with Crippen molar-refractivity contribution in [1.82, 2.24) is 0 Å². The van der Waals surface area contributed by atoms with Crippen molar-refractivity contribution in [2.24, 2.45) is 11.0 Å². The maximum absolute atomic E-state index is 12.0. The summed E-state index contributed by atoms with van der Waals surface area (Å²) in [5.74, 6) is -0.322. The number of carbonyl (C=O) groups excluding carboxylic acids is 1. The molecule has 5 nitrogen and oxygen atoms in total. The molecule has 0 aromatic heterocycles. The number of fused-ring (bicyclic) bond motifs is 1. The van der Waals surface area contributed by atoms with E-state index >= 15 is 0 Å². The first-order chi connectivity index (χ1) is 10.7. The molecule has 0 saturated carbocycles. The molecule has 0 bridgehead atoms. The number of benzene rings is 1. The fraction of sp³-hybridized carbons (Fsp3) is 0.529. The van der Waals surface area contributed by atoms with Crippen LogP contribution in [0.1, 0.15) is 26.3 Å². The van der Waals surface area contributed by atoms with Crippen LogP contribution in [-0.2, 0) is 14.3 Å². The third-order valence-electron chi connectivity index (χ3n) is 3.68. The molecule has 2 aliphatic rings. The van der Waals surface area contributed by atoms with Crippen LogP contribution in [0.25, 0.3) is 0 Å². The maximum atomic E-state index is 12.0. The summed E-state index contributed by atoms with van der Waals surface area (Å²) >= 11 is 0. The van der Waals surface area contributed by atoms with Gasteiger partial charge in [0.1, 0.15) is 0 Å². The molecule has 0 aliphatic carbocycles. The van der Waals surface area contributed by atoms with Crippen LogP contribution in [0.15, 0.2) is 29.4 Å². The van der Waals surface area contributed by atoms with Crippen molar-refractivity contribution in [1.29, 1.82) is 0 Å². The van der Waals surface area contributed by atoms with E-state index in [9.17, 15) is 4.79 Å². The Morgan fingerprint density at radius 3 is 2.86 bits per heavy atom. The van der Waals surface area contributed by atoms with Gasteiger partial charge in [-0.3, -0.25) is 5.01 Å². The Kier molecular flexibility index (Phi) is 5.55. The highest BCUT2D eigenvalue weighted by Gasteiger charge is 2.45. The molecule has 2 atom stereocenters. The fourth-order valence-corrected chi connectivity index (χ4v) is 2.73. The quantitative estimate of drug-likeness (QED) is 0.806. The zero-order valence-electron chi connectivity index (χ0n) is 13.7. The van der Waals surface area contributed by atoms with Gasteiger partial charge in [-0.2, -0.15) is 5.10 Å². The van der Waals surface area contributed by atoms with Crippen molar-refractivity contribution in [2.75, 3.05) is 24.8 Å². The van der Waals surface area contributed by atoms with Crippen LogP contribution in [0.2, 0.25) is 0 Å².